The number of anilines is 1. The number of nitrogens with one attached hydrogen (secondary N) is 1. The van der Waals surface area contributed by atoms with Crippen molar-refractivity contribution in [2.45, 2.75) is 39.0 Å². The van der Waals surface area contributed by atoms with Crippen molar-refractivity contribution < 1.29 is 9.53 Å². The van der Waals surface area contributed by atoms with E-state index in [0.29, 0.717) is 5.56 Å². The Hall–Kier alpha value is -2.47. The first-order valence-corrected chi connectivity index (χ1v) is 8.61. The van der Waals surface area contributed by atoms with E-state index < -0.39 is 0 Å². The summed E-state index contributed by atoms with van der Waals surface area (Å²) in [7, 11) is 0. The minimum absolute atomic E-state index is 0.152. The summed E-state index contributed by atoms with van der Waals surface area (Å²) in [6.07, 6.45) is 3.69. The third-order valence-corrected chi connectivity index (χ3v) is 4.23. The van der Waals surface area contributed by atoms with Crippen molar-refractivity contribution in [3.8, 4) is 0 Å². The molecule has 1 aliphatic rings. The fraction of sp³-hybridized carbons (Fsp3) is 0.421. The van der Waals surface area contributed by atoms with E-state index in [4.69, 9.17) is 4.74 Å². The molecule has 0 spiro atoms. The van der Waals surface area contributed by atoms with Crippen LogP contribution in [0.4, 0.5) is 5.82 Å². The van der Waals surface area contributed by atoms with Crippen LogP contribution in [0.15, 0.2) is 42.7 Å². The van der Waals surface area contributed by atoms with Gasteiger partial charge < -0.3 is 15.0 Å². The van der Waals surface area contributed by atoms with Gasteiger partial charge in [0.25, 0.3) is 5.91 Å². The summed E-state index contributed by atoms with van der Waals surface area (Å²) in [5.74, 6) is 0.720. The van der Waals surface area contributed by atoms with Crippen LogP contribution in [-0.4, -0.2) is 41.2 Å². The van der Waals surface area contributed by atoms with Crippen molar-refractivity contribution in [1.29, 1.82) is 0 Å². The summed E-state index contributed by atoms with van der Waals surface area (Å²) in [5, 5.41) is 2.95. The summed E-state index contributed by atoms with van der Waals surface area (Å²) in [6.45, 7) is 7.64. The molecule has 0 bridgehead atoms. The lowest BCUT2D eigenvalue weighted by molar-refractivity contribution is -0.00546. The van der Waals surface area contributed by atoms with Gasteiger partial charge in [-0.1, -0.05) is 6.07 Å². The highest BCUT2D eigenvalue weighted by molar-refractivity contribution is 5.94. The third-order valence-electron chi connectivity index (χ3n) is 4.23. The topological polar surface area (TPSA) is 67.4 Å². The highest BCUT2D eigenvalue weighted by Crippen LogP contribution is 2.18. The molecule has 25 heavy (non-hydrogen) atoms. The number of hydrogen-bond acceptors (Lipinski definition) is 5. The number of morpholine rings is 1. The average Bonchev–Trinajstić information content (AvgIpc) is 2.61. The molecule has 132 valence electrons. The van der Waals surface area contributed by atoms with Crippen LogP contribution in [0.3, 0.4) is 0 Å². The van der Waals surface area contributed by atoms with Gasteiger partial charge in [-0.3, -0.25) is 9.78 Å². The maximum atomic E-state index is 12.4. The van der Waals surface area contributed by atoms with Gasteiger partial charge in [0.05, 0.1) is 29.5 Å². The van der Waals surface area contributed by atoms with E-state index in [-0.39, 0.29) is 24.2 Å². The molecule has 0 unspecified atom stereocenters. The molecule has 6 heteroatoms. The third kappa shape index (κ3) is 4.33. The Labute approximate surface area is 148 Å². The zero-order chi connectivity index (χ0) is 17.8. The van der Waals surface area contributed by atoms with Crippen LogP contribution in [0.5, 0.6) is 0 Å². The number of aromatic nitrogens is 2. The molecule has 0 aliphatic carbocycles. The Morgan fingerprint density at radius 1 is 1.20 bits per heavy atom. The molecule has 3 rings (SSSR count). The van der Waals surface area contributed by atoms with Crippen molar-refractivity contribution in [3.63, 3.8) is 0 Å². The summed E-state index contributed by atoms with van der Waals surface area (Å²) < 4.78 is 5.75. The Morgan fingerprint density at radius 3 is 2.56 bits per heavy atom. The SMILES string of the molecule is C[C@@H]1CN(c2ccc(C(=O)N[C@@H](C)c3ccccn3)cn2)C[C@@H](C)O1. The van der Waals surface area contributed by atoms with E-state index >= 15 is 0 Å². The molecule has 1 amide bonds. The Bertz CT molecular complexity index is 695. The first-order valence-electron chi connectivity index (χ1n) is 8.61. The number of rotatable bonds is 4. The van der Waals surface area contributed by atoms with Crippen LogP contribution in [0.25, 0.3) is 0 Å². The molecule has 1 N–H and O–H groups in total. The molecule has 6 nitrogen and oxygen atoms in total. The number of nitrogens with zero attached hydrogens (tertiary/aromatic N) is 3. The van der Waals surface area contributed by atoms with E-state index in [1.165, 1.54) is 0 Å². The lowest BCUT2D eigenvalue weighted by atomic mass is 10.2. The van der Waals surface area contributed by atoms with Crippen LogP contribution in [0, 0.1) is 0 Å². The predicted octanol–water partition coefficient (Wildman–Crippen LogP) is 2.58. The average molecular weight is 340 g/mol. The predicted molar refractivity (Wildman–Crippen MR) is 96.6 cm³/mol. The smallest absolute Gasteiger partial charge is 0.253 e. The number of pyridine rings is 2. The zero-order valence-electron chi connectivity index (χ0n) is 14.8. The summed E-state index contributed by atoms with van der Waals surface area (Å²) in [6, 6.07) is 9.21. The van der Waals surface area contributed by atoms with Gasteiger partial charge >= 0.3 is 0 Å². The number of amides is 1. The second-order valence-electron chi connectivity index (χ2n) is 6.52. The molecular formula is C19H24N4O2. The van der Waals surface area contributed by atoms with Gasteiger partial charge in [-0.2, -0.15) is 0 Å². The second-order valence-corrected chi connectivity index (χ2v) is 6.52. The standard InChI is InChI=1S/C19H24N4O2/c1-13-11-23(12-14(2)25-13)18-8-7-16(10-21-18)19(24)22-15(3)17-6-4-5-9-20-17/h4-10,13-15H,11-12H2,1-3H3,(H,22,24)/t13-,14-,15+/m1/s1. The first kappa shape index (κ1) is 17.4. The van der Waals surface area contributed by atoms with Crippen molar-refractivity contribution in [1.82, 2.24) is 15.3 Å². The molecular weight excluding hydrogens is 316 g/mol. The van der Waals surface area contributed by atoms with Crippen molar-refractivity contribution in [3.05, 3.63) is 54.0 Å². The van der Waals surface area contributed by atoms with Crippen molar-refractivity contribution in [2.24, 2.45) is 0 Å². The summed E-state index contributed by atoms with van der Waals surface area (Å²) >= 11 is 0. The molecule has 3 atom stereocenters. The van der Waals surface area contributed by atoms with E-state index in [1.54, 1.807) is 12.4 Å². The van der Waals surface area contributed by atoms with Gasteiger partial charge in [0.15, 0.2) is 0 Å². The molecule has 1 aliphatic heterocycles. The lowest BCUT2D eigenvalue weighted by Gasteiger charge is -2.36. The zero-order valence-corrected chi connectivity index (χ0v) is 14.8. The maximum absolute atomic E-state index is 12.4. The molecule has 1 saturated heterocycles. The van der Waals surface area contributed by atoms with Gasteiger partial charge in [0.2, 0.25) is 0 Å². The molecule has 0 saturated carbocycles. The number of carbonyl (C=O) groups excluding carboxylic acids is 1. The van der Waals surface area contributed by atoms with Crippen LogP contribution in [0.1, 0.15) is 42.9 Å². The van der Waals surface area contributed by atoms with E-state index in [0.717, 1.165) is 24.6 Å². The monoisotopic (exact) mass is 340 g/mol. The molecule has 2 aromatic heterocycles. The Kier molecular flexibility index (Phi) is 5.28. The maximum Gasteiger partial charge on any atom is 0.253 e. The van der Waals surface area contributed by atoms with Crippen molar-refractivity contribution >= 4 is 11.7 Å². The molecule has 0 radical (unpaired) electrons. The normalized spacial score (nSPS) is 21.6. The number of carbonyl (C=O) groups is 1. The quantitative estimate of drug-likeness (QED) is 0.926. The minimum atomic E-state index is -0.158. The summed E-state index contributed by atoms with van der Waals surface area (Å²) in [5.41, 5.74) is 1.37. The highest BCUT2D eigenvalue weighted by Gasteiger charge is 2.23. The Balaban J connectivity index is 1.64. The minimum Gasteiger partial charge on any atom is -0.372 e. The summed E-state index contributed by atoms with van der Waals surface area (Å²) in [4.78, 5) is 23.3. The molecule has 3 heterocycles. The highest BCUT2D eigenvalue weighted by atomic mass is 16.5. The van der Waals surface area contributed by atoms with Crippen LogP contribution in [0.2, 0.25) is 0 Å². The molecule has 1 fully saturated rings. The first-order chi connectivity index (χ1) is 12.0. The fourth-order valence-electron chi connectivity index (χ4n) is 3.06. The van der Waals surface area contributed by atoms with Gasteiger partial charge in [-0.15, -0.1) is 0 Å². The van der Waals surface area contributed by atoms with E-state index in [1.807, 2.05) is 37.3 Å². The van der Waals surface area contributed by atoms with E-state index in [2.05, 4.69) is 34.0 Å². The number of hydrogen-bond donors (Lipinski definition) is 1. The Morgan fingerprint density at radius 2 is 1.96 bits per heavy atom. The lowest BCUT2D eigenvalue weighted by Crippen LogP contribution is -2.45. The fourth-order valence-corrected chi connectivity index (χ4v) is 3.06. The van der Waals surface area contributed by atoms with Crippen LogP contribution in [-0.2, 0) is 4.74 Å². The van der Waals surface area contributed by atoms with Crippen molar-refractivity contribution in [2.75, 3.05) is 18.0 Å². The second kappa shape index (κ2) is 7.61. The van der Waals surface area contributed by atoms with Gasteiger partial charge in [0.1, 0.15) is 5.82 Å². The van der Waals surface area contributed by atoms with Crippen LogP contribution < -0.4 is 10.2 Å². The van der Waals surface area contributed by atoms with Gasteiger partial charge in [-0.25, -0.2) is 4.98 Å². The van der Waals surface area contributed by atoms with Gasteiger partial charge in [0, 0.05) is 25.5 Å². The molecule has 2 aromatic rings. The molecule has 0 aromatic carbocycles. The van der Waals surface area contributed by atoms with E-state index in [9.17, 15) is 4.79 Å². The van der Waals surface area contributed by atoms with Crippen LogP contribution >= 0.6 is 0 Å². The largest absolute Gasteiger partial charge is 0.372 e. The number of ether oxygens (including phenoxy) is 1. The van der Waals surface area contributed by atoms with Gasteiger partial charge in [-0.05, 0) is 45.0 Å².